The summed E-state index contributed by atoms with van der Waals surface area (Å²) >= 11 is 3.55. The maximum atomic E-state index is 10.5. The van der Waals surface area contributed by atoms with Gasteiger partial charge < -0.3 is 5.11 Å². The summed E-state index contributed by atoms with van der Waals surface area (Å²) in [6.45, 7) is 2.09. The zero-order chi connectivity index (χ0) is 12.7. The molecule has 18 heavy (non-hydrogen) atoms. The van der Waals surface area contributed by atoms with Crippen molar-refractivity contribution in [2.24, 2.45) is 17.8 Å². The van der Waals surface area contributed by atoms with E-state index in [0.717, 1.165) is 34.2 Å². The van der Waals surface area contributed by atoms with Crippen LogP contribution in [0, 0.1) is 24.7 Å². The van der Waals surface area contributed by atoms with Gasteiger partial charge in [0.15, 0.2) is 0 Å². The van der Waals surface area contributed by atoms with Crippen molar-refractivity contribution in [2.45, 2.75) is 45.1 Å². The maximum Gasteiger partial charge on any atom is 0.0795 e. The van der Waals surface area contributed by atoms with E-state index in [1.165, 1.54) is 31.2 Å². The Hall–Kier alpha value is -0.340. The molecule has 2 bridgehead atoms. The molecule has 1 aromatic carbocycles. The molecule has 1 nitrogen and oxygen atoms in total. The number of benzene rings is 1. The molecule has 2 heteroatoms. The summed E-state index contributed by atoms with van der Waals surface area (Å²) in [6.07, 6.45) is 6.29. The molecule has 2 fully saturated rings. The number of fused-ring (bicyclic) bond motifs is 2. The molecule has 0 amide bonds. The molecule has 4 atom stereocenters. The molecule has 0 aliphatic heterocycles. The zero-order valence-electron chi connectivity index (χ0n) is 10.9. The molecule has 2 saturated carbocycles. The molecule has 1 aromatic rings. The highest BCUT2D eigenvalue weighted by molar-refractivity contribution is 9.10. The quantitative estimate of drug-likeness (QED) is 0.864. The minimum atomic E-state index is -0.285. The smallest absolute Gasteiger partial charge is 0.0795 e. The van der Waals surface area contributed by atoms with Crippen LogP contribution >= 0.6 is 15.9 Å². The first kappa shape index (κ1) is 12.7. The lowest BCUT2D eigenvalue weighted by atomic mass is 9.83. The van der Waals surface area contributed by atoms with Gasteiger partial charge in [0.25, 0.3) is 0 Å². The van der Waals surface area contributed by atoms with Crippen LogP contribution in [0.3, 0.4) is 0 Å². The van der Waals surface area contributed by atoms with E-state index in [1.807, 2.05) is 12.1 Å². The van der Waals surface area contributed by atoms with E-state index < -0.39 is 0 Å². The highest BCUT2D eigenvalue weighted by Gasteiger charge is 2.40. The van der Waals surface area contributed by atoms with Gasteiger partial charge >= 0.3 is 0 Å². The molecular weight excluding hydrogens is 288 g/mol. The van der Waals surface area contributed by atoms with Gasteiger partial charge in [0.1, 0.15) is 0 Å². The highest BCUT2D eigenvalue weighted by atomic mass is 79.9. The first-order valence-corrected chi connectivity index (χ1v) is 7.87. The van der Waals surface area contributed by atoms with Crippen LogP contribution in [0.1, 0.15) is 49.3 Å². The molecule has 0 aromatic heterocycles. The van der Waals surface area contributed by atoms with Gasteiger partial charge in [-0.1, -0.05) is 34.5 Å². The fourth-order valence-corrected chi connectivity index (χ4v) is 4.45. The average molecular weight is 309 g/mol. The Morgan fingerprint density at radius 1 is 1.33 bits per heavy atom. The molecule has 4 unspecified atom stereocenters. The van der Waals surface area contributed by atoms with E-state index in [1.54, 1.807) is 0 Å². The van der Waals surface area contributed by atoms with Crippen molar-refractivity contribution in [3.05, 3.63) is 33.8 Å². The number of aliphatic hydroxyl groups excluding tert-OH is 1. The summed E-state index contributed by atoms with van der Waals surface area (Å²) in [4.78, 5) is 0. The molecule has 3 rings (SSSR count). The van der Waals surface area contributed by atoms with Crippen LogP contribution in [0.15, 0.2) is 22.7 Å². The fraction of sp³-hybridized carbons (Fsp3) is 0.625. The Morgan fingerprint density at radius 3 is 2.83 bits per heavy atom. The Morgan fingerprint density at radius 2 is 2.17 bits per heavy atom. The average Bonchev–Trinajstić information content (AvgIpc) is 2.94. The molecule has 2 aliphatic carbocycles. The van der Waals surface area contributed by atoms with Crippen molar-refractivity contribution in [3.63, 3.8) is 0 Å². The molecule has 2 aliphatic rings. The van der Waals surface area contributed by atoms with Crippen molar-refractivity contribution in [3.8, 4) is 0 Å². The van der Waals surface area contributed by atoms with Gasteiger partial charge in [0, 0.05) is 4.47 Å². The summed E-state index contributed by atoms with van der Waals surface area (Å²) < 4.78 is 1.10. The minimum absolute atomic E-state index is 0.285. The summed E-state index contributed by atoms with van der Waals surface area (Å²) in [6, 6.07) is 6.14. The molecule has 0 heterocycles. The Kier molecular flexibility index (Phi) is 3.50. The summed E-state index contributed by atoms with van der Waals surface area (Å²) in [7, 11) is 0. The standard InChI is InChI=1S/C16H21BrO/c1-10-14(3-2-4-15(10)17)16(18)9-13-8-11-5-6-12(13)7-11/h2-4,11-13,16,18H,5-9H2,1H3. The number of halogens is 1. The Labute approximate surface area is 118 Å². The number of aliphatic hydroxyl groups is 1. The second-order valence-electron chi connectivity index (χ2n) is 6.14. The molecule has 0 radical (unpaired) electrons. The topological polar surface area (TPSA) is 20.2 Å². The van der Waals surface area contributed by atoms with Crippen molar-refractivity contribution in [1.82, 2.24) is 0 Å². The molecule has 98 valence electrons. The molecule has 1 N–H and O–H groups in total. The first-order chi connectivity index (χ1) is 8.65. The second kappa shape index (κ2) is 4.97. The van der Waals surface area contributed by atoms with Crippen LogP contribution in [-0.2, 0) is 0 Å². The predicted molar refractivity (Wildman–Crippen MR) is 77.4 cm³/mol. The van der Waals surface area contributed by atoms with Crippen molar-refractivity contribution >= 4 is 15.9 Å². The van der Waals surface area contributed by atoms with Gasteiger partial charge in [-0.05, 0) is 67.6 Å². The van der Waals surface area contributed by atoms with Crippen LogP contribution in [0.2, 0.25) is 0 Å². The lowest BCUT2D eigenvalue weighted by Crippen LogP contribution is -2.14. The van der Waals surface area contributed by atoms with Gasteiger partial charge in [0.05, 0.1) is 6.10 Å². The SMILES string of the molecule is Cc1c(Br)cccc1C(O)CC1CC2CCC1C2. The molecule has 0 spiro atoms. The van der Waals surface area contributed by atoms with Crippen LogP contribution in [-0.4, -0.2) is 5.11 Å². The van der Waals surface area contributed by atoms with Gasteiger partial charge in [-0.15, -0.1) is 0 Å². The third kappa shape index (κ3) is 2.25. The predicted octanol–water partition coefficient (Wildman–Crippen LogP) is 4.62. The monoisotopic (exact) mass is 308 g/mol. The second-order valence-corrected chi connectivity index (χ2v) is 6.99. The Bertz CT molecular complexity index is 443. The van der Waals surface area contributed by atoms with Gasteiger partial charge in [-0.25, -0.2) is 0 Å². The molecular formula is C16H21BrO. The number of hydrogen-bond acceptors (Lipinski definition) is 1. The summed E-state index contributed by atoms with van der Waals surface area (Å²) in [5.41, 5.74) is 2.29. The van der Waals surface area contributed by atoms with Gasteiger partial charge in [-0.3, -0.25) is 0 Å². The van der Waals surface area contributed by atoms with Gasteiger partial charge in [0.2, 0.25) is 0 Å². The van der Waals surface area contributed by atoms with E-state index in [-0.39, 0.29) is 6.10 Å². The highest BCUT2D eigenvalue weighted by Crippen LogP contribution is 2.51. The van der Waals surface area contributed by atoms with Crippen LogP contribution < -0.4 is 0 Å². The van der Waals surface area contributed by atoms with Crippen molar-refractivity contribution in [2.75, 3.05) is 0 Å². The van der Waals surface area contributed by atoms with E-state index >= 15 is 0 Å². The van der Waals surface area contributed by atoms with Crippen molar-refractivity contribution < 1.29 is 5.11 Å². The van der Waals surface area contributed by atoms with Crippen LogP contribution in [0.5, 0.6) is 0 Å². The Balaban J connectivity index is 1.71. The van der Waals surface area contributed by atoms with E-state index in [4.69, 9.17) is 0 Å². The van der Waals surface area contributed by atoms with E-state index in [9.17, 15) is 5.11 Å². The number of rotatable bonds is 3. The normalized spacial score (nSPS) is 31.8. The largest absolute Gasteiger partial charge is 0.388 e. The maximum absolute atomic E-state index is 10.5. The van der Waals surface area contributed by atoms with E-state index in [2.05, 4.69) is 28.9 Å². The van der Waals surface area contributed by atoms with E-state index in [0.29, 0.717) is 0 Å². The van der Waals surface area contributed by atoms with Crippen molar-refractivity contribution in [1.29, 1.82) is 0 Å². The summed E-state index contributed by atoms with van der Waals surface area (Å²) in [5, 5.41) is 10.5. The minimum Gasteiger partial charge on any atom is -0.388 e. The van der Waals surface area contributed by atoms with Crippen LogP contribution in [0.4, 0.5) is 0 Å². The van der Waals surface area contributed by atoms with Crippen LogP contribution in [0.25, 0.3) is 0 Å². The first-order valence-electron chi connectivity index (χ1n) is 7.08. The molecule has 0 saturated heterocycles. The number of hydrogen-bond donors (Lipinski definition) is 1. The lowest BCUT2D eigenvalue weighted by Gasteiger charge is -2.25. The van der Waals surface area contributed by atoms with Gasteiger partial charge in [-0.2, -0.15) is 0 Å². The third-order valence-corrected chi connectivity index (χ3v) is 5.94. The summed E-state index contributed by atoms with van der Waals surface area (Å²) in [5.74, 6) is 2.63. The zero-order valence-corrected chi connectivity index (χ0v) is 12.5. The third-order valence-electron chi connectivity index (χ3n) is 5.08. The fourth-order valence-electron chi connectivity index (χ4n) is 4.06. The lowest BCUT2D eigenvalue weighted by molar-refractivity contribution is 0.125.